The van der Waals surface area contributed by atoms with Crippen LogP contribution in [0.15, 0.2) is 16.5 Å². The fourth-order valence-electron chi connectivity index (χ4n) is 1.06. The Bertz CT molecular complexity index is 285. The first kappa shape index (κ1) is 9.82. The summed E-state index contributed by atoms with van der Waals surface area (Å²) < 4.78 is 5.47. The Morgan fingerprint density at radius 1 is 1.46 bits per heavy atom. The molecule has 1 N–H and O–H groups in total. The van der Waals surface area contributed by atoms with Gasteiger partial charge in [-0.2, -0.15) is 5.26 Å². The second-order valence-electron chi connectivity index (χ2n) is 2.81. The number of hydrogen-bond acceptors (Lipinski definition) is 3. The molecule has 1 aromatic heterocycles. The molecule has 0 bridgehead atoms. The van der Waals surface area contributed by atoms with Crippen molar-refractivity contribution in [1.29, 1.82) is 5.26 Å². The van der Waals surface area contributed by atoms with Gasteiger partial charge in [-0.15, -0.1) is 0 Å². The SMILES string of the molecule is CCc1ccc(CNCCC#N)o1. The van der Waals surface area contributed by atoms with Gasteiger partial charge in [0.2, 0.25) is 0 Å². The molecular formula is C10H14N2O. The maximum Gasteiger partial charge on any atom is 0.117 e. The van der Waals surface area contributed by atoms with E-state index in [-0.39, 0.29) is 0 Å². The summed E-state index contributed by atoms with van der Waals surface area (Å²) in [5.74, 6) is 1.95. The van der Waals surface area contributed by atoms with E-state index in [4.69, 9.17) is 9.68 Å². The van der Waals surface area contributed by atoms with Gasteiger partial charge in [0.1, 0.15) is 11.5 Å². The Balaban J connectivity index is 2.25. The molecular weight excluding hydrogens is 164 g/mol. The molecule has 0 aliphatic heterocycles. The van der Waals surface area contributed by atoms with Crippen LogP contribution < -0.4 is 5.32 Å². The van der Waals surface area contributed by atoms with Crippen LogP contribution in [0.3, 0.4) is 0 Å². The van der Waals surface area contributed by atoms with Crippen molar-refractivity contribution in [1.82, 2.24) is 5.32 Å². The van der Waals surface area contributed by atoms with E-state index in [0.717, 1.165) is 24.5 Å². The standard InChI is InChI=1S/C10H14N2O/c1-2-9-4-5-10(13-9)8-12-7-3-6-11/h4-5,12H,2-3,7-8H2,1H3. The van der Waals surface area contributed by atoms with Gasteiger partial charge in [0.25, 0.3) is 0 Å². The summed E-state index contributed by atoms with van der Waals surface area (Å²) in [5, 5.41) is 11.4. The molecule has 0 unspecified atom stereocenters. The van der Waals surface area contributed by atoms with E-state index in [2.05, 4.69) is 18.3 Å². The van der Waals surface area contributed by atoms with Crippen molar-refractivity contribution >= 4 is 0 Å². The van der Waals surface area contributed by atoms with Crippen LogP contribution in [-0.2, 0) is 13.0 Å². The third-order valence-corrected chi connectivity index (χ3v) is 1.78. The van der Waals surface area contributed by atoms with Gasteiger partial charge in [-0.05, 0) is 12.1 Å². The highest BCUT2D eigenvalue weighted by Gasteiger charge is 1.98. The third-order valence-electron chi connectivity index (χ3n) is 1.78. The topological polar surface area (TPSA) is 49.0 Å². The highest BCUT2D eigenvalue weighted by Crippen LogP contribution is 2.07. The molecule has 0 spiro atoms. The summed E-state index contributed by atoms with van der Waals surface area (Å²) in [5.41, 5.74) is 0. The molecule has 13 heavy (non-hydrogen) atoms. The van der Waals surface area contributed by atoms with Crippen LogP contribution in [0, 0.1) is 11.3 Å². The van der Waals surface area contributed by atoms with Crippen molar-refractivity contribution in [2.75, 3.05) is 6.54 Å². The lowest BCUT2D eigenvalue weighted by atomic mass is 10.3. The summed E-state index contributed by atoms with van der Waals surface area (Å²) in [7, 11) is 0. The average Bonchev–Trinajstić information content (AvgIpc) is 2.60. The zero-order valence-corrected chi connectivity index (χ0v) is 7.84. The number of nitrogens with zero attached hydrogens (tertiary/aromatic N) is 1. The fourth-order valence-corrected chi connectivity index (χ4v) is 1.06. The van der Waals surface area contributed by atoms with Crippen molar-refractivity contribution in [2.45, 2.75) is 26.3 Å². The molecule has 0 fully saturated rings. The molecule has 0 amide bonds. The molecule has 0 saturated heterocycles. The maximum atomic E-state index is 8.29. The molecule has 0 atom stereocenters. The molecule has 0 saturated carbocycles. The largest absolute Gasteiger partial charge is 0.465 e. The first-order valence-corrected chi connectivity index (χ1v) is 4.52. The van der Waals surface area contributed by atoms with Crippen LogP contribution >= 0.6 is 0 Å². The highest BCUT2D eigenvalue weighted by atomic mass is 16.3. The lowest BCUT2D eigenvalue weighted by Crippen LogP contribution is -2.13. The minimum absolute atomic E-state index is 0.543. The Morgan fingerprint density at radius 3 is 2.85 bits per heavy atom. The Labute approximate surface area is 78.4 Å². The predicted molar refractivity (Wildman–Crippen MR) is 50.0 cm³/mol. The van der Waals surface area contributed by atoms with Crippen molar-refractivity contribution in [3.63, 3.8) is 0 Å². The van der Waals surface area contributed by atoms with Gasteiger partial charge in [-0.3, -0.25) is 0 Å². The Kier molecular flexibility index (Phi) is 4.07. The van der Waals surface area contributed by atoms with Crippen molar-refractivity contribution in [3.8, 4) is 6.07 Å². The third kappa shape index (κ3) is 3.30. The summed E-state index contributed by atoms with van der Waals surface area (Å²) in [6, 6.07) is 6.04. The first-order chi connectivity index (χ1) is 6.36. The van der Waals surface area contributed by atoms with Crippen molar-refractivity contribution in [2.24, 2.45) is 0 Å². The molecule has 70 valence electrons. The molecule has 0 aliphatic carbocycles. The van der Waals surface area contributed by atoms with Gasteiger partial charge in [0.05, 0.1) is 12.6 Å². The molecule has 1 aromatic rings. The van der Waals surface area contributed by atoms with E-state index in [9.17, 15) is 0 Å². The Morgan fingerprint density at radius 2 is 2.23 bits per heavy atom. The van der Waals surface area contributed by atoms with E-state index in [0.29, 0.717) is 13.0 Å². The summed E-state index contributed by atoms with van der Waals surface area (Å²) in [4.78, 5) is 0. The minimum Gasteiger partial charge on any atom is -0.465 e. The number of aryl methyl sites for hydroxylation is 1. The van der Waals surface area contributed by atoms with Gasteiger partial charge in [0.15, 0.2) is 0 Å². The lowest BCUT2D eigenvalue weighted by Gasteiger charge is -1.97. The lowest BCUT2D eigenvalue weighted by molar-refractivity contribution is 0.452. The van der Waals surface area contributed by atoms with Crippen LogP contribution in [0.5, 0.6) is 0 Å². The number of nitrogens with one attached hydrogen (secondary N) is 1. The molecule has 0 aromatic carbocycles. The van der Waals surface area contributed by atoms with E-state index in [1.165, 1.54) is 0 Å². The summed E-state index contributed by atoms with van der Waals surface area (Å²) in [6.45, 7) is 3.49. The highest BCUT2D eigenvalue weighted by molar-refractivity contribution is 5.06. The van der Waals surface area contributed by atoms with Crippen molar-refractivity contribution in [3.05, 3.63) is 23.7 Å². The second-order valence-corrected chi connectivity index (χ2v) is 2.81. The number of furan rings is 1. The maximum absolute atomic E-state index is 8.29. The predicted octanol–water partition coefficient (Wildman–Crippen LogP) is 1.85. The van der Waals surface area contributed by atoms with E-state index in [1.54, 1.807) is 0 Å². The minimum atomic E-state index is 0.543. The van der Waals surface area contributed by atoms with E-state index in [1.807, 2.05) is 12.1 Å². The smallest absolute Gasteiger partial charge is 0.117 e. The van der Waals surface area contributed by atoms with Gasteiger partial charge in [-0.25, -0.2) is 0 Å². The van der Waals surface area contributed by atoms with E-state index < -0.39 is 0 Å². The van der Waals surface area contributed by atoms with Gasteiger partial charge < -0.3 is 9.73 Å². The van der Waals surface area contributed by atoms with Crippen molar-refractivity contribution < 1.29 is 4.42 Å². The number of nitriles is 1. The summed E-state index contributed by atoms with van der Waals surface area (Å²) in [6.07, 6.45) is 1.47. The molecule has 0 aliphatic rings. The number of hydrogen-bond donors (Lipinski definition) is 1. The summed E-state index contributed by atoms with van der Waals surface area (Å²) >= 11 is 0. The van der Waals surface area contributed by atoms with Crippen LogP contribution in [-0.4, -0.2) is 6.54 Å². The van der Waals surface area contributed by atoms with Gasteiger partial charge >= 0.3 is 0 Å². The molecule has 1 heterocycles. The normalized spacial score (nSPS) is 9.85. The van der Waals surface area contributed by atoms with Crippen LogP contribution in [0.2, 0.25) is 0 Å². The van der Waals surface area contributed by atoms with E-state index >= 15 is 0 Å². The van der Waals surface area contributed by atoms with Crippen LogP contribution in [0.4, 0.5) is 0 Å². The zero-order valence-electron chi connectivity index (χ0n) is 7.84. The van der Waals surface area contributed by atoms with Crippen LogP contribution in [0.25, 0.3) is 0 Å². The van der Waals surface area contributed by atoms with Gasteiger partial charge in [0, 0.05) is 19.4 Å². The zero-order chi connectivity index (χ0) is 9.52. The second kappa shape index (κ2) is 5.39. The quantitative estimate of drug-likeness (QED) is 0.700. The monoisotopic (exact) mass is 178 g/mol. The molecule has 3 heteroatoms. The fraction of sp³-hybridized carbons (Fsp3) is 0.500. The first-order valence-electron chi connectivity index (χ1n) is 4.52. The Hall–Kier alpha value is -1.27. The molecule has 0 radical (unpaired) electrons. The number of rotatable bonds is 5. The molecule has 1 rings (SSSR count). The van der Waals surface area contributed by atoms with Crippen LogP contribution in [0.1, 0.15) is 24.9 Å². The van der Waals surface area contributed by atoms with Gasteiger partial charge in [-0.1, -0.05) is 6.92 Å². The molecule has 3 nitrogen and oxygen atoms in total. The average molecular weight is 178 g/mol.